The van der Waals surface area contributed by atoms with Crippen LogP contribution in [0.4, 0.5) is 5.69 Å². The first-order chi connectivity index (χ1) is 13.2. The number of aromatic nitrogens is 4. The van der Waals surface area contributed by atoms with E-state index in [0.29, 0.717) is 18.1 Å². The first kappa shape index (κ1) is 20.1. The lowest BCUT2D eigenvalue weighted by Gasteiger charge is -2.14. The summed E-state index contributed by atoms with van der Waals surface area (Å²) < 4.78 is 4.47. The van der Waals surface area contributed by atoms with Gasteiger partial charge in [-0.15, -0.1) is 0 Å². The molecule has 0 radical (unpaired) electrons. The molecule has 2 aromatic heterocycles. The van der Waals surface area contributed by atoms with Gasteiger partial charge in [-0.25, -0.2) is 4.68 Å². The van der Waals surface area contributed by atoms with Gasteiger partial charge in [-0.3, -0.25) is 9.48 Å². The Kier molecular flexibility index (Phi) is 5.60. The third kappa shape index (κ3) is 3.96. The summed E-state index contributed by atoms with van der Waals surface area (Å²) in [6.45, 7) is 10.2. The molecule has 3 rings (SSSR count). The van der Waals surface area contributed by atoms with Crippen molar-refractivity contribution in [1.29, 1.82) is 0 Å². The summed E-state index contributed by atoms with van der Waals surface area (Å²) in [7, 11) is 0. The number of rotatable bonds is 5. The van der Waals surface area contributed by atoms with Crippen LogP contribution in [-0.4, -0.2) is 30.6 Å². The number of halogens is 1. The molecule has 2 N–H and O–H groups in total. The van der Waals surface area contributed by atoms with Gasteiger partial charge in [0.25, 0.3) is 5.91 Å². The van der Waals surface area contributed by atoms with Crippen LogP contribution in [0.5, 0.6) is 5.75 Å². The molecule has 0 bridgehead atoms. The topological polar surface area (TPSA) is 85.0 Å². The summed E-state index contributed by atoms with van der Waals surface area (Å²) in [6.07, 6.45) is 1.75. The van der Waals surface area contributed by atoms with E-state index in [4.69, 9.17) is 0 Å². The monoisotopic (exact) mass is 445 g/mol. The maximum Gasteiger partial charge on any atom is 0.276 e. The molecule has 0 aliphatic rings. The van der Waals surface area contributed by atoms with Crippen molar-refractivity contribution in [1.82, 2.24) is 19.6 Å². The first-order valence-corrected chi connectivity index (χ1v) is 9.84. The molecule has 0 aliphatic carbocycles. The van der Waals surface area contributed by atoms with Gasteiger partial charge in [-0.2, -0.15) is 10.2 Å². The maximum atomic E-state index is 12.6. The van der Waals surface area contributed by atoms with Crippen LogP contribution in [0.15, 0.2) is 28.9 Å². The Morgan fingerprint density at radius 1 is 1.25 bits per heavy atom. The molecular weight excluding hydrogens is 422 g/mol. The molecule has 0 aliphatic heterocycles. The molecule has 7 nitrogen and oxygen atoms in total. The molecule has 8 heteroatoms. The second kappa shape index (κ2) is 7.79. The minimum Gasteiger partial charge on any atom is -0.508 e. The number of carbonyl (C=O) groups is 1. The van der Waals surface area contributed by atoms with E-state index in [-0.39, 0.29) is 17.6 Å². The summed E-state index contributed by atoms with van der Waals surface area (Å²) in [5.74, 6) is 0.0955. The van der Waals surface area contributed by atoms with Crippen molar-refractivity contribution in [3.63, 3.8) is 0 Å². The summed E-state index contributed by atoms with van der Waals surface area (Å²) in [6, 6.07) is 5.16. The van der Waals surface area contributed by atoms with Gasteiger partial charge < -0.3 is 10.4 Å². The molecule has 148 valence electrons. The number of nitrogens with one attached hydrogen (secondary N) is 1. The summed E-state index contributed by atoms with van der Waals surface area (Å²) in [4.78, 5) is 12.6. The van der Waals surface area contributed by atoms with Gasteiger partial charge in [-0.05, 0) is 71.9 Å². The van der Waals surface area contributed by atoms with Crippen molar-refractivity contribution in [3.8, 4) is 5.75 Å². The molecule has 2 heterocycles. The van der Waals surface area contributed by atoms with Crippen LogP contribution in [0.25, 0.3) is 0 Å². The molecule has 3 aromatic rings. The predicted octanol–water partition coefficient (Wildman–Crippen LogP) is 4.35. The van der Waals surface area contributed by atoms with Gasteiger partial charge in [-0.1, -0.05) is 13.8 Å². The van der Waals surface area contributed by atoms with E-state index in [0.717, 1.165) is 27.0 Å². The largest absolute Gasteiger partial charge is 0.508 e. The molecule has 0 saturated carbocycles. The van der Waals surface area contributed by atoms with Gasteiger partial charge in [0.15, 0.2) is 5.69 Å². The lowest BCUT2D eigenvalue weighted by atomic mass is 9.99. The van der Waals surface area contributed by atoms with Crippen LogP contribution < -0.4 is 5.32 Å². The number of phenols is 1. The Hall–Kier alpha value is -2.61. The Labute approximate surface area is 172 Å². The quantitative estimate of drug-likeness (QED) is 0.571. The van der Waals surface area contributed by atoms with Crippen LogP contribution >= 0.6 is 15.9 Å². The maximum absolute atomic E-state index is 12.6. The third-order valence-corrected chi connectivity index (χ3v) is 5.84. The van der Waals surface area contributed by atoms with E-state index in [1.807, 2.05) is 45.4 Å². The molecule has 1 aromatic carbocycles. The predicted molar refractivity (Wildman–Crippen MR) is 112 cm³/mol. The number of anilines is 1. The average molecular weight is 446 g/mol. The van der Waals surface area contributed by atoms with E-state index >= 15 is 0 Å². The van der Waals surface area contributed by atoms with Crippen molar-refractivity contribution >= 4 is 27.5 Å². The van der Waals surface area contributed by atoms with Crippen LogP contribution in [0, 0.1) is 20.8 Å². The van der Waals surface area contributed by atoms with Crippen molar-refractivity contribution in [3.05, 3.63) is 57.1 Å². The van der Waals surface area contributed by atoms with Crippen LogP contribution in [0.3, 0.4) is 0 Å². The number of amides is 1. The summed E-state index contributed by atoms with van der Waals surface area (Å²) in [5, 5.41) is 21.8. The average Bonchev–Trinajstić information content (AvgIpc) is 3.18. The molecule has 0 spiro atoms. The molecule has 28 heavy (non-hydrogen) atoms. The Morgan fingerprint density at radius 3 is 2.57 bits per heavy atom. The van der Waals surface area contributed by atoms with Crippen molar-refractivity contribution in [2.45, 2.75) is 47.2 Å². The second-order valence-electron chi connectivity index (χ2n) is 7.20. The number of nitrogens with zero attached hydrogens (tertiary/aromatic N) is 4. The van der Waals surface area contributed by atoms with Crippen molar-refractivity contribution in [2.24, 2.45) is 0 Å². The second-order valence-corrected chi connectivity index (χ2v) is 7.99. The van der Waals surface area contributed by atoms with E-state index in [9.17, 15) is 9.90 Å². The lowest BCUT2D eigenvalue weighted by Crippen LogP contribution is -2.16. The fourth-order valence-corrected chi connectivity index (χ4v) is 3.29. The van der Waals surface area contributed by atoms with Crippen LogP contribution in [-0.2, 0) is 6.67 Å². The van der Waals surface area contributed by atoms with E-state index in [1.54, 1.807) is 23.0 Å². The Morgan fingerprint density at radius 2 is 1.96 bits per heavy atom. The number of carbonyl (C=O) groups excluding carboxylic acids is 1. The summed E-state index contributed by atoms with van der Waals surface area (Å²) in [5.41, 5.74) is 4.48. The van der Waals surface area contributed by atoms with Gasteiger partial charge in [0.2, 0.25) is 0 Å². The molecule has 0 unspecified atom stereocenters. The number of hydrogen-bond donors (Lipinski definition) is 2. The highest BCUT2D eigenvalue weighted by Crippen LogP contribution is 2.31. The fraction of sp³-hybridized carbons (Fsp3) is 0.350. The van der Waals surface area contributed by atoms with Gasteiger partial charge in [0, 0.05) is 11.9 Å². The number of aromatic hydroxyl groups is 1. The highest BCUT2D eigenvalue weighted by Gasteiger charge is 2.15. The SMILES string of the molecule is Cc1cc(O)c(C(C)C)cc1NC(=O)c1ccn(Cn2nc(C)c(Br)c2C)n1. The van der Waals surface area contributed by atoms with Gasteiger partial charge >= 0.3 is 0 Å². The van der Waals surface area contributed by atoms with E-state index in [1.165, 1.54) is 0 Å². The number of aryl methyl sites for hydroxylation is 2. The molecule has 0 atom stereocenters. The number of benzene rings is 1. The van der Waals surface area contributed by atoms with Gasteiger partial charge in [0.1, 0.15) is 12.4 Å². The standard InChI is InChI=1S/C20H24BrN5O2/c1-11(2)15-9-17(12(3)8-18(15)27)22-20(28)16-6-7-25(24-16)10-26-14(5)19(21)13(4)23-26/h6-9,11,27H,10H2,1-5H3,(H,22,28). The minimum absolute atomic E-state index is 0.149. The zero-order chi connectivity index (χ0) is 20.6. The number of hydrogen-bond acceptors (Lipinski definition) is 4. The third-order valence-electron chi connectivity index (χ3n) is 4.69. The minimum atomic E-state index is -0.295. The van der Waals surface area contributed by atoms with E-state index < -0.39 is 0 Å². The zero-order valence-corrected chi connectivity index (χ0v) is 18.2. The van der Waals surface area contributed by atoms with Crippen molar-refractivity contribution in [2.75, 3.05) is 5.32 Å². The Balaban J connectivity index is 1.78. The van der Waals surface area contributed by atoms with Gasteiger partial charge in [0.05, 0.1) is 15.9 Å². The molecule has 0 fully saturated rings. The molecular formula is C20H24BrN5O2. The normalized spacial score (nSPS) is 11.2. The number of phenolic OH excluding ortho intramolecular Hbond substituents is 1. The highest BCUT2D eigenvalue weighted by molar-refractivity contribution is 9.10. The van der Waals surface area contributed by atoms with Crippen LogP contribution in [0.2, 0.25) is 0 Å². The molecule has 1 amide bonds. The highest BCUT2D eigenvalue weighted by atomic mass is 79.9. The van der Waals surface area contributed by atoms with E-state index in [2.05, 4.69) is 31.4 Å². The fourth-order valence-electron chi connectivity index (χ4n) is 3.00. The lowest BCUT2D eigenvalue weighted by molar-refractivity contribution is 0.102. The van der Waals surface area contributed by atoms with Crippen molar-refractivity contribution < 1.29 is 9.90 Å². The molecule has 0 saturated heterocycles. The van der Waals surface area contributed by atoms with Crippen LogP contribution in [0.1, 0.15) is 52.8 Å². The first-order valence-electron chi connectivity index (χ1n) is 9.05. The zero-order valence-electron chi connectivity index (χ0n) is 16.6. The smallest absolute Gasteiger partial charge is 0.276 e. The Bertz CT molecular complexity index is 1040. The summed E-state index contributed by atoms with van der Waals surface area (Å²) >= 11 is 3.51.